The number of anilines is 2. The molecule has 1 heterocycles. The summed E-state index contributed by atoms with van der Waals surface area (Å²) in [6.45, 7) is 3.69. The fraction of sp³-hybridized carbons (Fsp3) is 0.310. The fourth-order valence-corrected chi connectivity index (χ4v) is 4.76. The number of hydrogen-bond acceptors (Lipinski definition) is 7. The summed E-state index contributed by atoms with van der Waals surface area (Å²) in [6, 6.07) is 16.0. The Morgan fingerprint density at radius 3 is 2.32 bits per heavy atom. The molecule has 9 heteroatoms. The monoisotopic (exact) mass is 518 g/mol. The molecule has 0 saturated carbocycles. The number of nitrogens with one attached hydrogen (secondary N) is 1. The van der Waals surface area contributed by atoms with Crippen molar-refractivity contribution in [3.8, 4) is 28.4 Å². The number of fused-ring (bicyclic) bond motifs is 1. The lowest BCUT2D eigenvalue weighted by atomic mass is 9.86. The number of carbonyl (C=O) groups excluding carboxylic acids is 2. The molecule has 200 valence electrons. The van der Waals surface area contributed by atoms with E-state index in [-0.39, 0.29) is 5.91 Å². The Labute approximate surface area is 223 Å². The molecule has 4 rings (SSSR count). The van der Waals surface area contributed by atoms with Crippen LogP contribution in [0.1, 0.15) is 31.0 Å². The Morgan fingerprint density at radius 1 is 1.00 bits per heavy atom. The molecule has 0 radical (unpaired) electrons. The summed E-state index contributed by atoms with van der Waals surface area (Å²) in [5, 5.41) is 3.37. The molecule has 9 nitrogen and oxygen atoms in total. The molecule has 0 bridgehead atoms. The fourth-order valence-electron chi connectivity index (χ4n) is 4.76. The Morgan fingerprint density at radius 2 is 1.66 bits per heavy atom. The van der Waals surface area contributed by atoms with Crippen LogP contribution in [0.5, 0.6) is 17.2 Å². The highest BCUT2D eigenvalue weighted by molar-refractivity contribution is 6.09. The van der Waals surface area contributed by atoms with E-state index in [4.69, 9.17) is 19.9 Å². The van der Waals surface area contributed by atoms with Gasteiger partial charge in [0.15, 0.2) is 0 Å². The van der Waals surface area contributed by atoms with Crippen molar-refractivity contribution in [2.45, 2.75) is 25.4 Å². The SMILES string of the molecule is COc1cc(OC(=O)N(C)C)ccc1-c1ccc2c(c1C(N)c1ccccc1OC)N(C)C(=O)C(C)(C)N2. The van der Waals surface area contributed by atoms with E-state index < -0.39 is 17.7 Å². The summed E-state index contributed by atoms with van der Waals surface area (Å²) in [7, 11) is 8.13. The first-order valence-corrected chi connectivity index (χ1v) is 12.2. The normalized spacial score (nSPS) is 14.7. The molecular weight excluding hydrogens is 484 g/mol. The van der Waals surface area contributed by atoms with E-state index in [1.807, 2.05) is 56.3 Å². The van der Waals surface area contributed by atoms with Gasteiger partial charge in [-0.1, -0.05) is 24.3 Å². The highest BCUT2D eigenvalue weighted by atomic mass is 16.6. The van der Waals surface area contributed by atoms with E-state index in [1.54, 1.807) is 52.4 Å². The van der Waals surface area contributed by atoms with Crippen LogP contribution >= 0.6 is 0 Å². The third-order valence-electron chi connectivity index (χ3n) is 6.66. The summed E-state index contributed by atoms with van der Waals surface area (Å²) in [4.78, 5) is 28.4. The molecule has 1 atom stereocenters. The van der Waals surface area contributed by atoms with Gasteiger partial charge in [0.2, 0.25) is 0 Å². The standard InChI is InChI=1S/C29H34N4O5/c1-29(2)27(34)33(5)26-21(31-29)15-14-19(24(26)25(30)20-10-8-9-11-22(20)36-6)18-13-12-17(16-23(18)37-7)38-28(35)32(3)4/h8-16,25,31H,30H2,1-7H3. The predicted molar refractivity (Wildman–Crippen MR) is 148 cm³/mol. The van der Waals surface area contributed by atoms with Gasteiger partial charge < -0.3 is 35.1 Å². The van der Waals surface area contributed by atoms with E-state index >= 15 is 0 Å². The summed E-state index contributed by atoms with van der Waals surface area (Å²) in [5.41, 5.74) is 10.7. The first kappa shape index (κ1) is 26.8. The number of nitrogens with two attached hydrogens (primary N) is 1. The molecule has 3 aromatic carbocycles. The summed E-state index contributed by atoms with van der Waals surface area (Å²) < 4.78 is 16.8. The van der Waals surface area contributed by atoms with Gasteiger partial charge >= 0.3 is 6.09 Å². The van der Waals surface area contributed by atoms with E-state index in [0.29, 0.717) is 22.9 Å². The zero-order valence-electron chi connectivity index (χ0n) is 22.8. The van der Waals surface area contributed by atoms with E-state index in [0.717, 1.165) is 27.9 Å². The van der Waals surface area contributed by atoms with Crippen LogP contribution in [0, 0.1) is 0 Å². The first-order chi connectivity index (χ1) is 18.0. The molecule has 0 aromatic heterocycles. The maximum Gasteiger partial charge on any atom is 0.414 e. The second-order valence-electron chi connectivity index (χ2n) is 9.88. The van der Waals surface area contributed by atoms with Gasteiger partial charge in [-0.25, -0.2) is 4.79 Å². The van der Waals surface area contributed by atoms with E-state index in [1.165, 1.54) is 4.90 Å². The van der Waals surface area contributed by atoms with Crippen molar-refractivity contribution in [1.82, 2.24) is 4.90 Å². The number of hydrogen-bond donors (Lipinski definition) is 2. The zero-order chi connectivity index (χ0) is 27.8. The highest BCUT2D eigenvalue weighted by Crippen LogP contribution is 2.48. The van der Waals surface area contributed by atoms with Crippen LogP contribution in [0.3, 0.4) is 0 Å². The average molecular weight is 519 g/mol. The smallest absolute Gasteiger partial charge is 0.414 e. The van der Waals surface area contributed by atoms with Crippen molar-refractivity contribution in [2.24, 2.45) is 5.73 Å². The van der Waals surface area contributed by atoms with Crippen molar-refractivity contribution < 1.29 is 23.8 Å². The lowest BCUT2D eigenvalue weighted by Crippen LogP contribution is -2.52. The molecule has 2 amide bonds. The Bertz CT molecular complexity index is 1390. The lowest BCUT2D eigenvalue weighted by molar-refractivity contribution is -0.121. The van der Waals surface area contributed by atoms with Crippen LogP contribution in [0.2, 0.25) is 0 Å². The molecule has 1 aliphatic heterocycles. The van der Waals surface area contributed by atoms with E-state index in [2.05, 4.69) is 5.32 Å². The molecule has 0 fully saturated rings. The van der Waals surface area contributed by atoms with Crippen molar-refractivity contribution >= 4 is 23.4 Å². The van der Waals surface area contributed by atoms with Crippen LogP contribution < -0.4 is 30.2 Å². The zero-order valence-corrected chi connectivity index (χ0v) is 22.8. The predicted octanol–water partition coefficient (Wildman–Crippen LogP) is 4.65. The largest absolute Gasteiger partial charge is 0.496 e. The number of likely N-dealkylation sites (N-methyl/N-ethyl adjacent to an activating group) is 1. The summed E-state index contributed by atoms with van der Waals surface area (Å²) >= 11 is 0. The highest BCUT2D eigenvalue weighted by Gasteiger charge is 2.40. The lowest BCUT2D eigenvalue weighted by Gasteiger charge is -2.40. The van der Waals surface area contributed by atoms with E-state index in [9.17, 15) is 9.59 Å². The molecule has 1 aliphatic rings. The minimum atomic E-state index is -0.787. The van der Waals surface area contributed by atoms with Gasteiger partial charge in [0, 0.05) is 43.9 Å². The number of benzene rings is 3. The first-order valence-electron chi connectivity index (χ1n) is 12.2. The average Bonchev–Trinajstić information content (AvgIpc) is 2.90. The quantitative estimate of drug-likeness (QED) is 0.489. The Kier molecular flexibility index (Phi) is 7.24. The molecule has 1 unspecified atom stereocenters. The minimum absolute atomic E-state index is 0.0893. The summed E-state index contributed by atoms with van der Waals surface area (Å²) in [5.74, 6) is 1.38. The number of carbonyl (C=O) groups is 2. The molecule has 3 aromatic rings. The number of rotatable bonds is 6. The number of ether oxygens (including phenoxy) is 3. The third kappa shape index (κ3) is 4.72. The van der Waals surface area contributed by atoms with Gasteiger partial charge in [-0.15, -0.1) is 0 Å². The van der Waals surface area contributed by atoms with Crippen molar-refractivity contribution in [3.05, 3.63) is 65.7 Å². The van der Waals surface area contributed by atoms with Gasteiger partial charge in [-0.2, -0.15) is 0 Å². The van der Waals surface area contributed by atoms with Crippen LogP contribution in [-0.2, 0) is 4.79 Å². The second kappa shape index (κ2) is 10.3. The number of nitrogens with zero attached hydrogens (tertiary/aromatic N) is 2. The Hall–Kier alpha value is -4.24. The van der Waals surface area contributed by atoms with Crippen molar-refractivity contribution in [2.75, 3.05) is 45.6 Å². The minimum Gasteiger partial charge on any atom is -0.496 e. The van der Waals surface area contributed by atoms with Crippen molar-refractivity contribution in [3.63, 3.8) is 0 Å². The Balaban J connectivity index is 1.96. The number of amides is 2. The number of methoxy groups -OCH3 is 2. The van der Waals surface area contributed by atoms with Crippen LogP contribution in [-0.4, -0.2) is 57.8 Å². The molecule has 0 saturated heterocycles. The van der Waals surface area contributed by atoms with Gasteiger partial charge in [0.05, 0.1) is 31.6 Å². The maximum absolute atomic E-state index is 13.3. The van der Waals surface area contributed by atoms with Gasteiger partial charge in [-0.05, 0) is 43.7 Å². The van der Waals surface area contributed by atoms with Gasteiger partial charge in [0.1, 0.15) is 22.8 Å². The molecule has 0 aliphatic carbocycles. The summed E-state index contributed by atoms with van der Waals surface area (Å²) in [6.07, 6.45) is -0.499. The second-order valence-corrected chi connectivity index (χ2v) is 9.88. The van der Waals surface area contributed by atoms with Gasteiger partial charge in [-0.3, -0.25) is 4.79 Å². The molecule has 3 N–H and O–H groups in total. The van der Waals surface area contributed by atoms with Crippen LogP contribution in [0.4, 0.5) is 16.2 Å². The topological polar surface area (TPSA) is 106 Å². The van der Waals surface area contributed by atoms with Crippen LogP contribution in [0.15, 0.2) is 54.6 Å². The molecule has 38 heavy (non-hydrogen) atoms. The van der Waals surface area contributed by atoms with Crippen LogP contribution in [0.25, 0.3) is 11.1 Å². The number of para-hydroxylation sites is 1. The van der Waals surface area contributed by atoms with Gasteiger partial charge in [0.25, 0.3) is 5.91 Å². The molecule has 0 spiro atoms. The third-order valence-corrected chi connectivity index (χ3v) is 6.66. The van der Waals surface area contributed by atoms with Crippen molar-refractivity contribution in [1.29, 1.82) is 0 Å². The maximum atomic E-state index is 13.3. The molecular formula is C29H34N4O5.